The van der Waals surface area contributed by atoms with Crippen LogP contribution >= 0.6 is 0 Å². The van der Waals surface area contributed by atoms with Crippen LogP contribution in [0, 0.1) is 0 Å². The molecule has 0 aromatic carbocycles. The van der Waals surface area contributed by atoms with E-state index in [1.807, 2.05) is 18.7 Å². The lowest BCUT2D eigenvalue weighted by atomic mass is 10.2. The van der Waals surface area contributed by atoms with Gasteiger partial charge in [0.2, 0.25) is 0 Å². The number of nitrogens with one attached hydrogen (secondary N) is 1. The summed E-state index contributed by atoms with van der Waals surface area (Å²) in [5.74, 6) is 0. The second-order valence-corrected chi connectivity index (χ2v) is 4.31. The van der Waals surface area contributed by atoms with E-state index in [1.54, 1.807) is 0 Å². The minimum atomic E-state index is 0.548. The molecule has 1 saturated carbocycles. The maximum atomic E-state index is 4.04. The zero-order chi connectivity index (χ0) is 9.80. The Morgan fingerprint density at radius 1 is 1.50 bits per heavy atom. The van der Waals surface area contributed by atoms with Gasteiger partial charge in [-0.25, -0.2) is 4.98 Å². The lowest BCUT2D eigenvalue weighted by molar-refractivity contribution is 0.410. The average Bonchev–Trinajstić information content (AvgIpc) is 2.76. The normalized spacial score (nSPS) is 20.1. The predicted octanol–water partition coefficient (Wildman–Crippen LogP) is 1.80. The molecule has 1 unspecified atom stereocenters. The molecule has 0 amide bonds. The molecule has 0 spiro atoms. The molecular formula is C11H19N3. The molecule has 1 aliphatic carbocycles. The maximum absolute atomic E-state index is 4.04. The van der Waals surface area contributed by atoms with Crippen LogP contribution in [0.5, 0.6) is 0 Å². The highest BCUT2D eigenvalue weighted by atomic mass is 15.1. The lowest BCUT2D eigenvalue weighted by Gasteiger charge is -2.19. The molecule has 1 atom stereocenters. The van der Waals surface area contributed by atoms with Gasteiger partial charge in [0.1, 0.15) is 0 Å². The number of hydrogen-bond acceptors (Lipinski definition) is 2. The Bertz CT molecular complexity index is 250. The van der Waals surface area contributed by atoms with Crippen molar-refractivity contribution in [3.8, 4) is 0 Å². The summed E-state index contributed by atoms with van der Waals surface area (Å²) in [5, 5.41) is 3.67. The van der Waals surface area contributed by atoms with Crippen LogP contribution in [0.1, 0.15) is 32.6 Å². The van der Waals surface area contributed by atoms with E-state index in [9.17, 15) is 0 Å². The second-order valence-electron chi connectivity index (χ2n) is 4.31. The number of imidazole rings is 1. The quantitative estimate of drug-likeness (QED) is 0.790. The van der Waals surface area contributed by atoms with Crippen molar-refractivity contribution in [3.63, 3.8) is 0 Å². The Morgan fingerprint density at radius 3 is 2.93 bits per heavy atom. The van der Waals surface area contributed by atoms with Crippen LogP contribution < -0.4 is 5.32 Å². The van der Waals surface area contributed by atoms with Gasteiger partial charge in [-0.1, -0.05) is 12.8 Å². The highest BCUT2D eigenvalue weighted by Gasteiger charge is 2.16. The van der Waals surface area contributed by atoms with Crippen LogP contribution in [0.2, 0.25) is 0 Å². The number of rotatable bonds is 4. The Labute approximate surface area is 85.5 Å². The topological polar surface area (TPSA) is 29.9 Å². The molecule has 0 saturated heterocycles. The van der Waals surface area contributed by atoms with E-state index >= 15 is 0 Å². The zero-order valence-electron chi connectivity index (χ0n) is 8.82. The van der Waals surface area contributed by atoms with Crippen LogP contribution in [0.25, 0.3) is 0 Å². The summed E-state index contributed by atoms with van der Waals surface area (Å²) in [6.07, 6.45) is 11.2. The third kappa shape index (κ3) is 2.58. The molecule has 3 nitrogen and oxygen atoms in total. The molecule has 1 N–H and O–H groups in total. The van der Waals surface area contributed by atoms with Gasteiger partial charge in [0, 0.05) is 31.0 Å². The molecule has 1 aliphatic rings. The minimum Gasteiger partial charge on any atom is -0.336 e. The highest BCUT2D eigenvalue weighted by molar-refractivity contribution is 4.80. The van der Waals surface area contributed by atoms with Gasteiger partial charge in [0.25, 0.3) is 0 Å². The molecule has 2 rings (SSSR count). The summed E-state index contributed by atoms with van der Waals surface area (Å²) < 4.78 is 2.13. The van der Waals surface area contributed by atoms with Gasteiger partial charge in [-0.05, 0) is 19.8 Å². The monoisotopic (exact) mass is 193 g/mol. The van der Waals surface area contributed by atoms with E-state index in [0.29, 0.717) is 6.04 Å². The fourth-order valence-electron chi connectivity index (χ4n) is 2.26. The number of nitrogens with zero attached hydrogens (tertiary/aromatic N) is 2. The second kappa shape index (κ2) is 4.60. The van der Waals surface area contributed by atoms with Crippen LogP contribution in [-0.2, 0) is 6.54 Å². The van der Waals surface area contributed by atoms with Gasteiger partial charge in [-0.3, -0.25) is 0 Å². The van der Waals surface area contributed by atoms with Gasteiger partial charge in [-0.2, -0.15) is 0 Å². The first-order valence-corrected chi connectivity index (χ1v) is 5.56. The lowest BCUT2D eigenvalue weighted by Crippen LogP contribution is -2.37. The molecule has 78 valence electrons. The molecule has 1 heterocycles. The molecule has 0 bridgehead atoms. The van der Waals surface area contributed by atoms with Crippen LogP contribution in [0.3, 0.4) is 0 Å². The molecule has 3 heteroatoms. The highest BCUT2D eigenvalue weighted by Crippen LogP contribution is 2.18. The van der Waals surface area contributed by atoms with Crippen LogP contribution in [0.4, 0.5) is 0 Å². The van der Waals surface area contributed by atoms with Gasteiger partial charge in [0.05, 0.1) is 6.33 Å². The Kier molecular flexibility index (Phi) is 3.19. The van der Waals surface area contributed by atoms with Crippen LogP contribution in [-0.4, -0.2) is 21.6 Å². The Balaban J connectivity index is 1.75. The summed E-state index contributed by atoms with van der Waals surface area (Å²) in [5.41, 5.74) is 0. The first-order valence-electron chi connectivity index (χ1n) is 5.56. The van der Waals surface area contributed by atoms with Crippen LogP contribution in [0.15, 0.2) is 18.7 Å². The van der Waals surface area contributed by atoms with E-state index in [1.165, 1.54) is 25.7 Å². The molecule has 1 aromatic heterocycles. The van der Waals surface area contributed by atoms with Crippen molar-refractivity contribution >= 4 is 0 Å². The molecular weight excluding hydrogens is 174 g/mol. The average molecular weight is 193 g/mol. The van der Waals surface area contributed by atoms with Crippen molar-refractivity contribution < 1.29 is 0 Å². The van der Waals surface area contributed by atoms with E-state index in [2.05, 4.69) is 21.8 Å². The third-order valence-electron chi connectivity index (χ3n) is 2.92. The maximum Gasteiger partial charge on any atom is 0.0946 e. The standard InChI is InChI=1S/C11H19N3/c1-10(8-14-7-6-12-9-14)13-11-4-2-3-5-11/h6-7,9-11,13H,2-5,8H2,1H3. The summed E-state index contributed by atoms with van der Waals surface area (Å²) in [7, 11) is 0. The number of hydrogen-bond donors (Lipinski definition) is 1. The number of aromatic nitrogens is 2. The predicted molar refractivity (Wildman–Crippen MR) is 57.1 cm³/mol. The summed E-state index contributed by atoms with van der Waals surface area (Å²) >= 11 is 0. The van der Waals surface area contributed by atoms with Crippen molar-refractivity contribution in [1.82, 2.24) is 14.9 Å². The molecule has 0 aliphatic heterocycles. The largest absolute Gasteiger partial charge is 0.336 e. The van der Waals surface area contributed by atoms with E-state index < -0.39 is 0 Å². The van der Waals surface area contributed by atoms with Gasteiger partial charge in [-0.15, -0.1) is 0 Å². The van der Waals surface area contributed by atoms with Crippen molar-refractivity contribution in [1.29, 1.82) is 0 Å². The smallest absolute Gasteiger partial charge is 0.0946 e. The Morgan fingerprint density at radius 2 is 2.29 bits per heavy atom. The molecule has 14 heavy (non-hydrogen) atoms. The molecule has 1 aromatic rings. The fraction of sp³-hybridized carbons (Fsp3) is 0.727. The summed E-state index contributed by atoms with van der Waals surface area (Å²) in [6, 6.07) is 1.31. The first kappa shape index (κ1) is 9.71. The van der Waals surface area contributed by atoms with Gasteiger partial charge < -0.3 is 9.88 Å². The van der Waals surface area contributed by atoms with Crippen molar-refractivity contribution in [2.45, 2.75) is 51.2 Å². The third-order valence-corrected chi connectivity index (χ3v) is 2.92. The van der Waals surface area contributed by atoms with Crippen molar-refractivity contribution in [3.05, 3.63) is 18.7 Å². The minimum absolute atomic E-state index is 0.548. The van der Waals surface area contributed by atoms with E-state index in [-0.39, 0.29) is 0 Å². The summed E-state index contributed by atoms with van der Waals surface area (Å²) in [6.45, 7) is 3.27. The SMILES string of the molecule is CC(Cn1ccnc1)NC1CCCC1. The fourth-order valence-corrected chi connectivity index (χ4v) is 2.26. The Hall–Kier alpha value is -0.830. The first-order chi connectivity index (χ1) is 6.84. The van der Waals surface area contributed by atoms with E-state index in [0.717, 1.165) is 12.6 Å². The summed E-state index contributed by atoms with van der Waals surface area (Å²) in [4.78, 5) is 4.04. The van der Waals surface area contributed by atoms with E-state index in [4.69, 9.17) is 0 Å². The molecule has 0 radical (unpaired) electrons. The zero-order valence-corrected chi connectivity index (χ0v) is 8.82. The van der Waals surface area contributed by atoms with Gasteiger partial charge in [0.15, 0.2) is 0 Å². The van der Waals surface area contributed by atoms with Gasteiger partial charge >= 0.3 is 0 Å². The van der Waals surface area contributed by atoms with Crippen molar-refractivity contribution in [2.24, 2.45) is 0 Å². The van der Waals surface area contributed by atoms with Crippen molar-refractivity contribution in [2.75, 3.05) is 0 Å². The molecule has 1 fully saturated rings.